The first-order chi connectivity index (χ1) is 10.0. The standard InChI is InChI=1S/C15H15F2NO3/c1-19-10-6-11(20-2)8-12(7-10)21-14-4-3-9(18)5-13(14)15(16)17/h3-8,15H,18H2,1-2H3. The van der Waals surface area contributed by atoms with Gasteiger partial charge in [0.05, 0.1) is 19.8 Å². The smallest absolute Gasteiger partial charge is 0.267 e. The highest BCUT2D eigenvalue weighted by molar-refractivity contribution is 5.51. The van der Waals surface area contributed by atoms with Crippen molar-refractivity contribution in [1.82, 2.24) is 0 Å². The molecule has 0 fully saturated rings. The number of halogens is 2. The Morgan fingerprint density at radius 1 is 0.905 bits per heavy atom. The van der Waals surface area contributed by atoms with Crippen molar-refractivity contribution >= 4 is 5.69 Å². The van der Waals surface area contributed by atoms with E-state index >= 15 is 0 Å². The van der Waals surface area contributed by atoms with E-state index in [1.165, 1.54) is 32.4 Å². The first-order valence-corrected chi connectivity index (χ1v) is 6.12. The Morgan fingerprint density at radius 2 is 1.48 bits per heavy atom. The van der Waals surface area contributed by atoms with Crippen molar-refractivity contribution in [2.24, 2.45) is 0 Å². The second-order valence-electron chi connectivity index (χ2n) is 4.25. The monoisotopic (exact) mass is 295 g/mol. The highest BCUT2D eigenvalue weighted by Gasteiger charge is 2.16. The molecule has 2 N–H and O–H groups in total. The molecule has 0 aliphatic carbocycles. The van der Waals surface area contributed by atoms with E-state index in [-0.39, 0.29) is 17.0 Å². The molecule has 0 saturated carbocycles. The zero-order valence-electron chi connectivity index (χ0n) is 11.6. The summed E-state index contributed by atoms with van der Waals surface area (Å²) in [5, 5.41) is 0. The molecular weight excluding hydrogens is 280 g/mol. The van der Waals surface area contributed by atoms with E-state index in [0.29, 0.717) is 17.2 Å². The third-order valence-corrected chi connectivity index (χ3v) is 2.82. The molecule has 0 amide bonds. The molecule has 2 aromatic rings. The van der Waals surface area contributed by atoms with Crippen LogP contribution >= 0.6 is 0 Å². The molecule has 112 valence electrons. The summed E-state index contributed by atoms with van der Waals surface area (Å²) in [5.41, 5.74) is 5.51. The minimum absolute atomic E-state index is 0.0366. The third-order valence-electron chi connectivity index (χ3n) is 2.82. The molecule has 0 aliphatic heterocycles. The van der Waals surface area contributed by atoms with Crippen molar-refractivity contribution in [3.05, 3.63) is 42.0 Å². The molecule has 21 heavy (non-hydrogen) atoms. The van der Waals surface area contributed by atoms with E-state index in [1.54, 1.807) is 18.2 Å². The van der Waals surface area contributed by atoms with Gasteiger partial charge in [-0.15, -0.1) is 0 Å². The van der Waals surface area contributed by atoms with Crippen molar-refractivity contribution < 1.29 is 23.0 Å². The van der Waals surface area contributed by atoms with Crippen LogP contribution in [0.15, 0.2) is 36.4 Å². The topological polar surface area (TPSA) is 53.7 Å². The van der Waals surface area contributed by atoms with Gasteiger partial charge in [-0.3, -0.25) is 0 Å². The average molecular weight is 295 g/mol. The van der Waals surface area contributed by atoms with Gasteiger partial charge in [0, 0.05) is 23.9 Å². The predicted octanol–water partition coefficient (Wildman–Crippen LogP) is 4.02. The zero-order chi connectivity index (χ0) is 15.4. The number of hydrogen-bond acceptors (Lipinski definition) is 4. The van der Waals surface area contributed by atoms with Crippen LogP contribution in [0.2, 0.25) is 0 Å². The van der Waals surface area contributed by atoms with Crippen LogP contribution in [-0.2, 0) is 0 Å². The molecule has 0 heterocycles. The Balaban J connectivity index is 2.38. The SMILES string of the molecule is COc1cc(OC)cc(Oc2ccc(N)cc2C(F)F)c1. The van der Waals surface area contributed by atoms with E-state index < -0.39 is 6.43 Å². The van der Waals surface area contributed by atoms with Gasteiger partial charge >= 0.3 is 0 Å². The van der Waals surface area contributed by atoms with E-state index in [4.69, 9.17) is 19.9 Å². The summed E-state index contributed by atoms with van der Waals surface area (Å²) in [7, 11) is 2.98. The van der Waals surface area contributed by atoms with Crippen LogP contribution in [0.4, 0.5) is 14.5 Å². The van der Waals surface area contributed by atoms with E-state index in [9.17, 15) is 8.78 Å². The van der Waals surface area contributed by atoms with Gasteiger partial charge in [-0.2, -0.15) is 0 Å². The lowest BCUT2D eigenvalue weighted by Gasteiger charge is -2.13. The summed E-state index contributed by atoms with van der Waals surface area (Å²) in [6, 6.07) is 8.91. The van der Waals surface area contributed by atoms with Crippen LogP contribution in [-0.4, -0.2) is 14.2 Å². The molecule has 0 bridgehead atoms. The second kappa shape index (κ2) is 6.30. The third kappa shape index (κ3) is 3.53. The van der Waals surface area contributed by atoms with Crippen LogP contribution in [0, 0.1) is 0 Å². The molecular formula is C15H15F2NO3. The molecule has 2 rings (SSSR count). The summed E-state index contributed by atoms with van der Waals surface area (Å²) in [6.45, 7) is 0. The molecule has 0 unspecified atom stereocenters. The van der Waals surface area contributed by atoms with E-state index in [1.807, 2.05) is 0 Å². The van der Waals surface area contributed by atoms with Gasteiger partial charge in [-0.25, -0.2) is 8.78 Å². The van der Waals surface area contributed by atoms with Gasteiger partial charge in [0.1, 0.15) is 23.0 Å². The van der Waals surface area contributed by atoms with Gasteiger partial charge in [-0.1, -0.05) is 0 Å². The number of ether oxygens (including phenoxy) is 3. The molecule has 0 saturated heterocycles. The van der Waals surface area contributed by atoms with Crippen LogP contribution in [0.5, 0.6) is 23.0 Å². The van der Waals surface area contributed by atoms with E-state index in [0.717, 1.165) is 0 Å². The van der Waals surface area contributed by atoms with Gasteiger partial charge in [0.2, 0.25) is 0 Å². The molecule has 0 radical (unpaired) electrons. The Labute approximate surface area is 121 Å². The zero-order valence-corrected chi connectivity index (χ0v) is 11.6. The number of rotatable bonds is 5. The molecule has 0 spiro atoms. The van der Waals surface area contributed by atoms with Crippen LogP contribution in [0.3, 0.4) is 0 Å². The number of hydrogen-bond donors (Lipinski definition) is 1. The average Bonchev–Trinajstić information content (AvgIpc) is 2.48. The van der Waals surface area contributed by atoms with Crippen molar-refractivity contribution in [1.29, 1.82) is 0 Å². The number of nitrogens with two attached hydrogens (primary N) is 1. The first kappa shape index (κ1) is 14.9. The van der Waals surface area contributed by atoms with Gasteiger partial charge in [0.15, 0.2) is 0 Å². The van der Waals surface area contributed by atoms with Crippen LogP contribution in [0.25, 0.3) is 0 Å². The summed E-state index contributed by atoms with van der Waals surface area (Å²) < 4.78 is 41.8. The Morgan fingerprint density at radius 3 is 2.00 bits per heavy atom. The molecule has 6 heteroatoms. The fraction of sp³-hybridized carbons (Fsp3) is 0.200. The fourth-order valence-electron chi connectivity index (χ4n) is 1.80. The molecule has 0 atom stereocenters. The van der Waals surface area contributed by atoms with Crippen molar-refractivity contribution in [2.45, 2.75) is 6.43 Å². The fourth-order valence-corrected chi connectivity index (χ4v) is 1.80. The first-order valence-electron chi connectivity index (χ1n) is 6.12. The highest BCUT2D eigenvalue weighted by Crippen LogP contribution is 2.36. The quantitative estimate of drug-likeness (QED) is 0.847. The number of anilines is 1. The Hall–Kier alpha value is -2.50. The molecule has 2 aromatic carbocycles. The van der Waals surface area contributed by atoms with Gasteiger partial charge < -0.3 is 19.9 Å². The number of methoxy groups -OCH3 is 2. The van der Waals surface area contributed by atoms with E-state index in [2.05, 4.69) is 0 Å². The summed E-state index contributed by atoms with van der Waals surface area (Å²) in [4.78, 5) is 0. The second-order valence-corrected chi connectivity index (χ2v) is 4.25. The van der Waals surface area contributed by atoms with Crippen molar-refractivity contribution in [3.63, 3.8) is 0 Å². The summed E-state index contributed by atoms with van der Waals surface area (Å²) in [6.07, 6.45) is -2.68. The molecule has 4 nitrogen and oxygen atoms in total. The highest BCUT2D eigenvalue weighted by atomic mass is 19.3. The molecule has 0 aromatic heterocycles. The lowest BCUT2D eigenvalue weighted by atomic mass is 10.2. The maximum absolute atomic E-state index is 13.0. The number of alkyl halides is 2. The van der Waals surface area contributed by atoms with Crippen molar-refractivity contribution in [2.75, 3.05) is 20.0 Å². The Bertz CT molecular complexity index is 610. The largest absolute Gasteiger partial charge is 0.496 e. The lowest BCUT2D eigenvalue weighted by Crippen LogP contribution is -1.96. The van der Waals surface area contributed by atoms with Crippen LogP contribution in [0.1, 0.15) is 12.0 Å². The predicted molar refractivity (Wildman–Crippen MR) is 75.4 cm³/mol. The lowest BCUT2D eigenvalue weighted by molar-refractivity contribution is 0.148. The summed E-state index contributed by atoms with van der Waals surface area (Å²) >= 11 is 0. The summed E-state index contributed by atoms with van der Waals surface area (Å²) in [5.74, 6) is 1.36. The van der Waals surface area contributed by atoms with Gasteiger partial charge in [0.25, 0.3) is 6.43 Å². The van der Waals surface area contributed by atoms with Crippen LogP contribution < -0.4 is 19.9 Å². The maximum Gasteiger partial charge on any atom is 0.267 e. The normalized spacial score (nSPS) is 10.5. The Kier molecular flexibility index (Phi) is 4.47. The minimum atomic E-state index is -2.68. The van der Waals surface area contributed by atoms with Gasteiger partial charge in [-0.05, 0) is 18.2 Å². The van der Waals surface area contributed by atoms with Crippen molar-refractivity contribution in [3.8, 4) is 23.0 Å². The number of benzene rings is 2. The molecule has 0 aliphatic rings. The minimum Gasteiger partial charge on any atom is -0.496 e. The maximum atomic E-state index is 13.0. The number of nitrogen functional groups attached to an aromatic ring is 1.